The minimum atomic E-state index is 0.247. The number of hydrogen-bond donors (Lipinski definition) is 0. The summed E-state index contributed by atoms with van der Waals surface area (Å²) in [5, 5.41) is 0. The van der Waals surface area contributed by atoms with Gasteiger partial charge in [-0.15, -0.1) is 0 Å². The van der Waals surface area contributed by atoms with Crippen LogP contribution >= 0.6 is 0 Å². The van der Waals surface area contributed by atoms with E-state index in [1.54, 1.807) is 0 Å². The molecule has 16 heavy (non-hydrogen) atoms. The lowest BCUT2D eigenvalue weighted by Gasteiger charge is -2.32. The van der Waals surface area contributed by atoms with Gasteiger partial charge < -0.3 is 9.80 Å². The van der Waals surface area contributed by atoms with Gasteiger partial charge in [0, 0.05) is 32.6 Å². The minimum absolute atomic E-state index is 0.247. The van der Waals surface area contributed by atoms with Crippen LogP contribution in [0.25, 0.3) is 0 Å². The third kappa shape index (κ3) is 4.12. The predicted octanol–water partition coefficient (Wildman–Crippen LogP) is 2.12. The van der Waals surface area contributed by atoms with Crippen LogP contribution in [0.1, 0.15) is 45.4 Å². The van der Waals surface area contributed by atoms with Crippen LogP contribution in [-0.2, 0) is 4.79 Å². The van der Waals surface area contributed by atoms with E-state index in [2.05, 4.69) is 11.9 Å². The van der Waals surface area contributed by atoms with E-state index in [0.717, 1.165) is 19.1 Å². The van der Waals surface area contributed by atoms with Crippen molar-refractivity contribution in [3.8, 4) is 0 Å². The van der Waals surface area contributed by atoms with Crippen molar-refractivity contribution >= 4 is 5.91 Å². The molecular formula is C13H26N2O. The standard InChI is InChI=1S/C13H26N2O/c1-4-13(16)15(3)11-10-14(2)12-8-6-5-7-9-12/h12H,4-11H2,1-3H3. The normalized spacial score (nSPS) is 17.8. The van der Waals surface area contributed by atoms with Crippen LogP contribution in [0.4, 0.5) is 0 Å². The highest BCUT2D eigenvalue weighted by molar-refractivity contribution is 5.75. The summed E-state index contributed by atoms with van der Waals surface area (Å²) in [5.41, 5.74) is 0. The molecule has 0 atom stereocenters. The van der Waals surface area contributed by atoms with Gasteiger partial charge in [0.15, 0.2) is 0 Å². The van der Waals surface area contributed by atoms with Gasteiger partial charge in [-0.3, -0.25) is 4.79 Å². The maximum absolute atomic E-state index is 11.4. The zero-order valence-electron chi connectivity index (χ0n) is 11.0. The van der Waals surface area contributed by atoms with Gasteiger partial charge in [0.25, 0.3) is 0 Å². The fourth-order valence-corrected chi connectivity index (χ4v) is 2.41. The monoisotopic (exact) mass is 226 g/mol. The van der Waals surface area contributed by atoms with Crippen LogP contribution in [0.3, 0.4) is 0 Å². The van der Waals surface area contributed by atoms with Crippen LogP contribution in [0, 0.1) is 0 Å². The maximum atomic E-state index is 11.4. The van der Waals surface area contributed by atoms with Crippen molar-refractivity contribution in [1.29, 1.82) is 0 Å². The van der Waals surface area contributed by atoms with Gasteiger partial charge in [-0.1, -0.05) is 26.2 Å². The Labute approximate surface area is 99.8 Å². The first-order valence-electron chi connectivity index (χ1n) is 6.59. The molecule has 0 radical (unpaired) electrons. The SMILES string of the molecule is CCC(=O)N(C)CCN(C)C1CCCCC1. The lowest BCUT2D eigenvalue weighted by molar-refractivity contribution is -0.129. The molecule has 0 aromatic rings. The smallest absolute Gasteiger partial charge is 0.222 e. The second-order valence-electron chi connectivity index (χ2n) is 4.94. The lowest BCUT2D eigenvalue weighted by Crippen LogP contribution is -2.40. The number of nitrogens with zero attached hydrogens (tertiary/aromatic N) is 2. The molecule has 0 aromatic carbocycles. The number of hydrogen-bond acceptors (Lipinski definition) is 2. The first-order valence-corrected chi connectivity index (χ1v) is 6.59. The Morgan fingerprint density at radius 2 is 1.75 bits per heavy atom. The van der Waals surface area contributed by atoms with Gasteiger partial charge in [0.05, 0.1) is 0 Å². The molecule has 1 fully saturated rings. The second kappa shape index (κ2) is 6.89. The number of rotatable bonds is 5. The molecule has 0 N–H and O–H groups in total. The van der Waals surface area contributed by atoms with E-state index >= 15 is 0 Å². The van der Waals surface area contributed by atoms with Crippen molar-refractivity contribution in [1.82, 2.24) is 9.80 Å². The van der Waals surface area contributed by atoms with E-state index in [1.165, 1.54) is 32.1 Å². The second-order valence-corrected chi connectivity index (χ2v) is 4.94. The van der Waals surface area contributed by atoms with Crippen molar-refractivity contribution < 1.29 is 4.79 Å². The summed E-state index contributed by atoms with van der Waals surface area (Å²) < 4.78 is 0. The zero-order valence-corrected chi connectivity index (χ0v) is 11.0. The molecule has 0 heterocycles. The molecular weight excluding hydrogens is 200 g/mol. The van der Waals surface area contributed by atoms with Crippen molar-refractivity contribution in [2.45, 2.75) is 51.5 Å². The predicted molar refractivity (Wildman–Crippen MR) is 67.4 cm³/mol. The van der Waals surface area contributed by atoms with Crippen molar-refractivity contribution in [3.05, 3.63) is 0 Å². The van der Waals surface area contributed by atoms with E-state index in [9.17, 15) is 4.79 Å². The number of likely N-dealkylation sites (N-methyl/N-ethyl adjacent to an activating group) is 2. The Hall–Kier alpha value is -0.570. The van der Waals surface area contributed by atoms with Gasteiger partial charge in [0.1, 0.15) is 0 Å². The van der Waals surface area contributed by atoms with E-state index in [0.29, 0.717) is 6.42 Å². The molecule has 1 aliphatic carbocycles. The van der Waals surface area contributed by atoms with Crippen LogP contribution in [0.2, 0.25) is 0 Å². The summed E-state index contributed by atoms with van der Waals surface area (Å²) in [7, 11) is 4.10. The molecule has 1 saturated carbocycles. The average Bonchev–Trinajstić information content (AvgIpc) is 2.35. The molecule has 0 spiro atoms. The van der Waals surface area contributed by atoms with Crippen molar-refractivity contribution in [3.63, 3.8) is 0 Å². The average molecular weight is 226 g/mol. The number of carbonyl (C=O) groups is 1. The van der Waals surface area contributed by atoms with Gasteiger partial charge >= 0.3 is 0 Å². The fraction of sp³-hybridized carbons (Fsp3) is 0.923. The highest BCUT2D eigenvalue weighted by Gasteiger charge is 2.18. The summed E-state index contributed by atoms with van der Waals surface area (Å²) in [6.07, 6.45) is 7.43. The Bertz CT molecular complexity index is 212. The molecule has 0 aliphatic heterocycles. The van der Waals surface area contributed by atoms with Crippen LogP contribution in [0.5, 0.6) is 0 Å². The van der Waals surface area contributed by atoms with Gasteiger partial charge in [-0.25, -0.2) is 0 Å². The summed E-state index contributed by atoms with van der Waals surface area (Å²) in [6, 6.07) is 0.749. The Kier molecular flexibility index (Phi) is 5.81. The Morgan fingerprint density at radius 1 is 1.12 bits per heavy atom. The molecule has 0 saturated heterocycles. The molecule has 3 heteroatoms. The first-order chi connectivity index (χ1) is 7.65. The van der Waals surface area contributed by atoms with E-state index < -0.39 is 0 Å². The Balaban J connectivity index is 2.23. The molecule has 94 valence electrons. The minimum Gasteiger partial charge on any atom is -0.344 e. The third-order valence-electron chi connectivity index (χ3n) is 3.71. The van der Waals surface area contributed by atoms with E-state index in [4.69, 9.17) is 0 Å². The lowest BCUT2D eigenvalue weighted by atomic mass is 9.94. The molecule has 1 rings (SSSR count). The maximum Gasteiger partial charge on any atom is 0.222 e. The van der Waals surface area contributed by atoms with E-state index in [1.807, 2.05) is 18.9 Å². The quantitative estimate of drug-likeness (QED) is 0.717. The number of carbonyl (C=O) groups excluding carboxylic acids is 1. The van der Waals surface area contributed by atoms with Gasteiger partial charge in [0.2, 0.25) is 5.91 Å². The summed E-state index contributed by atoms with van der Waals surface area (Å²) in [5.74, 6) is 0.247. The summed E-state index contributed by atoms with van der Waals surface area (Å²) in [6.45, 7) is 3.79. The molecule has 0 bridgehead atoms. The first kappa shape index (κ1) is 13.5. The van der Waals surface area contributed by atoms with Crippen LogP contribution in [-0.4, -0.2) is 48.9 Å². The molecule has 1 aliphatic rings. The topological polar surface area (TPSA) is 23.6 Å². The highest BCUT2D eigenvalue weighted by Crippen LogP contribution is 2.21. The van der Waals surface area contributed by atoms with E-state index in [-0.39, 0.29) is 5.91 Å². The van der Waals surface area contributed by atoms with Crippen LogP contribution in [0.15, 0.2) is 0 Å². The van der Waals surface area contributed by atoms with Crippen molar-refractivity contribution in [2.24, 2.45) is 0 Å². The van der Waals surface area contributed by atoms with Crippen LogP contribution < -0.4 is 0 Å². The van der Waals surface area contributed by atoms with Gasteiger partial charge in [-0.2, -0.15) is 0 Å². The fourth-order valence-electron chi connectivity index (χ4n) is 2.41. The third-order valence-corrected chi connectivity index (χ3v) is 3.71. The molecule has 0 unspecified atom stereocenters. The summed E-state index contributed by atoms with van der Waals surface area (Å²) in [4.78, 5) is 15.7. The molecule has 1 amide bonds. The van der Waals surface area contributed by atoms with Crippen molar-refractivity contribution in [2.75, 3.05) is 27.2 Å². The molecule has 0 aromatic heterocycles. The Morgan fingerprint density at radius 3 is 2.31 bits per heavy atom. The highest BCUT2D eigenvalue weighted by atomic mass is 16.2. The largest absolute Gasteiger partial charge is 0.344 e. The van der Waals surface area contributed by atoms with Gasteiger partial charge in [-0.05, 0) is 19.9 Å². The number of amides is 1. The molecule has 3 nitrogen and oxygen atoms in total. The zero-order chi connectivity index (χ0) is 12.0. The summed E-state index contributed by atoms with van der Waals surface area (Å²) >= 11 is 0.